The fraction of sp³-hybridized carbons (Fsp3) is 0.160. The predicted octanol–water partition coefficient (Wildman–Crippen LogP) is 4.94. The lowest BCUT2D eigenvalue weighted by molar-refractivity contribution is 0.0935. The summed E-state index contributed by atoms with van der Waals surface area (Å²) >= 11 is 0. The third kappa shape index (κ3) is 5.79. The molecule has 3 aromatic carbocycles. The van der Waals surface area contributed by atoms with Crippen molar-refractivity contribution in [3.8, 4) is 0 Å². The second-order valence-corrected chi connectivity index (χ2v) is 9.81. The Balaban J connectivity index is 1.91. The van der Waals surface area contributed by atoms with Gasteiger partial charge in [0.1, 0.15) is 0 Å². The molecule has 0 heterocycles. The summed E-state index contributed by atoms with van der Waals surface area (Å²) in [6, 6.07) is 30.3. The van der Waals surface area contributed by atoms with Crippen LogP contribution in [0, 0.1) is 5.41 Å². The molecule has 0 fully saturated rings. The van der Waals surface area contributed by atoms with E-state index in [1.165, 1.54) is 10.6 Å². The number of allylic oxidation sites excluding steroid dienone is 1. The molecule has 1 amide bonds. The van der Waals surface area contributed by atoms with Gasteiger partial charge in [-0.25, -0.2) is 0 Å². The zero-order valence-corrected chi connectivity index (χ0v) is 18.0. The number of hydrazine groups is 1. The van der Waals surface area contributed by atoms with E-state index in [0.29, 0.717) is 5.56 Å². The fourth-order valence-electron chi connectivity index (χ4n) is 2.80. The van der Waals surface area contributed by atoms with Gasteiger partial charge in [0.15, 0.2) is 0 Å². The summed E-state index contributed by atoms with van der Waals surface area (Å²) in [6.45, 7) is 6.43. The van der Waals surface area contributed by atoms with Crippen molar-refractivity contribution in [1.82, 2.24) is 10.9 Å². The molecule has 3 rings (SSSR count). The first-order valence-electron chi connectivity index (χ1n) is 9.68. The monoisotopic (exact) mass is 402 g/mol. The van der Waals surface area contributed by atoms with E-state index < -0.39 is 7.92 Å². The van der Waals surface area contributed by atoms with E-state index in [4.69, 9.17) is 0 Å². The molecule has 0 bridgehead atoms. The van der Waals surface area contributed by atoms with Gasteiger partial charge in [-0.2, -0.15) is 0 Å². The molecule has 0 atom stereocenters. The Hall–Kier alpha value is -2.90. The molecule has 0 aliphatic heterocycles. The third-order valence-electron chi connectivity index (χ3n) is 4.48. The zero-order chi connectivity index (χ0) is 20.7. The highest BCUT2D eigenvalue weighted by Gasteiger charge is 2.21. The quantitative estimate of drug-likeness (QED) is 0.453. The second-order valence-electron chi connectivity index (χ2n) is 7.78. The van der Waals surface area contributed by atoms with Crippen LogP contribution in [0.4, 0.5) is 0 Å². The first kappa shape index (κ1) is 20.8. The number of amides is 1. The molecule has 0 unspecified atom stereocenters. The van der Waals surface area contributed by atoms with E-state index in [1.807, 2.05) is 30.3 Å². The number of benzene rings is 3. The summed E-state index contributed by atoms with van der Waals surface area (Å²) in [5, 5.41) is 2.54. The highest BCUT2D eigenvalue weighted by Crippen LogP contribution is 2.39. The van der Waals surface area contributed by atoms with E-state index in [9.17, 15) is 4.79 Å². The summed E-state index contributed by atoms with van der Waals surface area (Å²) in [5.41, 5.74) is 7.53. The summed E-state index contributed by atoms with van der Waals surface area (Å²) in [6.07, 6.45) is 0. The third-order valence-corrected chi connectivity index (χ3v) is 6.71. The van der Waals surface area contributed by atoms with Crippen LogP contribution < -0.4 is 21.5 Å². The molecular formula is C25H27N2OP. The SMILES string of the molecule is CC(C)(C)/C(=C/P(c1ccccc1)c1ccccc1)NNC(=O)c1ccccc1. The maximum atomic E-state index is 12.5. The van der Waals surface area contributed by atoms with Crippen LogP contribution in [0.1, 0.15) is 31.1 Å². The van der Waals surface area contributed by atoms with Crippen molar-refractivity contribution >= 4 is 24.4 Å². The van der Waals surface area contributed by atoms with Gasteiger partial charge in [0, 0.05) is 16.7 Å². The van der Waals surface area contributed by atoms with Crippen molar-refractivity contribution in [3.63, 3.8) is 0 Å². The molecular weight excluding hydrogens is 375 g/mol. The first-order valence-corrected chi connectivity index (χ1v) is 11.1. The van der Waals surface area contributed by atoms with Crippen LogP contribution in [-0.2, 0) is 0 Å². The smallest absolute Gasteiger partial charge is 0.269 e. The van der Waals surface area contributed by atoms with E-state index >= 15 is 0 Å². The van der Waals surface area contributed by atoms with E-state index in [0.717, 1.165) is 5.70 Å². The summed E-state index contributed by atoms with van der Waals surface area (Å²) in [7, 11) is -0.715. The minimum absolute atomic E-state index is 0.149. The van der Waals surface area contributed by atoms with Crippen LogP contribution in [0.3, 0.4) is 0 Å². The average Bonchev–Trinajstić information content (AvgIpc) is 2.74. The van der Waals surface area contributed by atoms with E-state index in [-0.39, 0.29) is 11.3 Å². The highest BCUT2D eigenvalue weighted by molar-refractivity contribution is 7.75. The van der Waals surface area contributed by atoms with Crippen molar-refractivity contribution in [2.45, 2.75) is 20.8 Å². The van der Waals surface area contributed by atoms with Crippen LogP contribution >= 0.6 is 7.92 Å². The van der Waals surface area contributed by atoms with Crippen molar-refractivity contribution in [3.05, 3.63) is 108 Å². The van der Waals surface area contributed by atoms with Gasteiger partial charge >= 0.3 is 0 Å². The predicted molar refractivity (Wildman–Crippen MR) is 124 cm³/mol. The zero-order valence-electron chi connectivity index (χ0n) is 17.1. The van der Waals surface area contributed by atoms with Crippen LogP contribution in [0.2, 0.25) is 0 Å². The van der Waals surface area contributed by atoms with Gasteiger partial charge < -0.3 is 5.43 Å². The van der Waals surface area contributed by atoms with Crippen molar-refractivity contribution in [1.29, 1.82) is 0 Å². The molecule has 0 saturated carbocycles. The Morgan fingerprint density at radius 2 is 1.17 bits per heavy atom. The van der Waals surface area contributed by atoms with Gasteiger partial charge in [0.05, 0.1) is 0 Å². The second kappa shape index (κ2) is 9.54. The largest absolute Gasteiger partial charge is 0.302 e. The van der Waals surface area contributed by atoms with E-state index in [1.54, 1.807) is 12.1 Å². The first-order chi connectivity index (χ1) is 13.9. The summed E-state index contributed by atoms with van der Waals surface area (Å²) in [5.74, 6) is 2.12. The lowest BCUT2D eigenvalue weighted by atomic mass is 9.93. The molecule has 4 heteroatoms. The van der Waals surface area contributed by atoms with Crippen LogP contribution in [0.25, 0.3) is 0 Å². The Bertz CT molecular complexity index is 909. The Morgan fingerprint density at radius 3 is 1.62 bits per heavy atom. The van der Waals surface area contributed by atoms with Gasteiger partial charge in [0.25, 0.3) is 5.91 Å². The van der Waals surface area contributed by atoms with Crippen LogP contribution in [0.15, 0.2) is 103 Å². The summed E-state index contributed by atoms with van der Waals surface area (Å²) < 4.78 is 0. The normalized spacial score (nSPS) is 11.9. The molecule has 0 aromatic heterocycles. The molecule has 29 heavy (non-hydrogen) atoms. The van der Waals surface area contributed by atoms with Gasteiger partial charge in [0.2, 0.25) is 0 Å². The fourth-order valence-corrected chi connectivity index (χ4v) is 5.10. The lowest BCUT2D eigenvalue weighted by Crippen LogP contribution is -2.40. The number of carbonyl (C=O) groups is 1. The highest BCUT2D eigenvalue weighted by atomic mass is 31.1. The molecule has 0 aliphatic carbocycles. The van der Waals surface area contributed by atoms with Gasteiger partial charge in [-0.3, -0.25) is 10.2 Å². The number of carbonyl (C=O) groups excluding carboxylic acids is 1. The molecule has 0 aliphatic rings. The van der Waals surface area contributed by atoms with Crippen LogP contribution in [0.5, 0.6) is 0 Å². The topological polar surface area (TPSA) is 41.1 Å². The molecule has 0 radical (unpaired) electrons. The Morgan fingerprint density at radius 1 is 0.724 bits per heavy atom. The lowest BCUT2D eigenvalue weighted by Gasteiger charge is -2.27. The Kier molecular flexibility index (Phi) is 6.85. The molecule has 3 aromatic rings. The van der Waals surface area contributed by atoms with Crippen LogP contribution in [-0.4, -0.2) is 5.91 Å². The standard InChI is InChI=1S/C25H27N2OP/c1-25(2,3)23(26-27-24(28)20-13-7-4-8-14-20)19-29(21-15-9-5-10-16-21)22-17-11-6-12-18-22/h4-19,26H,1-3H3,(H,27,28)/b23-19-. The minimum atomic E-state index is -0.715. The maximum Gasteiger partial charge on any atom is 0.269 e. The maximum absolute atomic E-state index is 12.5. The molecule has 0 spiro atoms. The van der Waals surface area contributed by atoms with Gasteiger partial charge in [-0.1, -0.05) is 99.6 Å². The number of hydrogen-bond acceptors (Lipinski definition) is 2. The number of rotatable bonds is 6. The van der Waals surface area contributed by atoms with Gasteiger partial charge in [-0.05, 0) is 36.5 Å². The number of hydrogen-bond donors (Lipinski definition) is 2. The summed E-state index contributed by atoms with van der Waals surface area (Å²) in [4.78, 5) is 12.5. The van der Waals surface area contributed by atoms with Crippen molar-refractivity contribution < 1.29 is 4.79 Å². The molecule has 0 saturated heterocycles. The minimum Gasteiger partial charge on any atom is -0.302 e. The van der Waals surface area contributed by atoms with E-state index in [2.05, 4.69) is 86.0 Å². The van der Waals surface area contributed by atoms with Crippen molar-refractivity contribution in [2.75, 3.05) is 0 Å². The molecule has 148 valence electrons. The molecule has 3 nitrogen and oxygen atoms in total. The number of nitrogens with one attached hydrogen (secondary N) is 2. The molecule has 2 N–H and O–H groups in total. The average molecular weight is 402 g/mol. The Labute approximate surface area is 174 Å². The van der Waals surface area contributed by atoms with Crippen molar-refractivity contribution in [2.24, 2.45) is 5.41 Å². The van der Waals surface area contributed by atoms with Gasteiger partial charge in [-0.15, -0.1) is 0 Å².